The van der Waals surface area contributed by atoms with E-state index in [1.807, 2.05) is 38.1 Å². The van der Waals surface area contributed by atoms with Crippen LogP contribution in [0.15, 0.2) is 36.4 Å². The molecule has 1 amide bonds. The highest BCUT2D eigenvalue weighted by Crippen LogP contribution is 2.15. The van der Waals surface area contributed by atoms with Crippen LogP contribution >= 0.6 is 0 Å². The van der Waals surface area contributed by atoms with E-state index in [9.17, 15) is 4.79 Å². The van der Waals surface area contributed by atoms with E-state index in [1.165, 1.54) is 5.56 Å². The largest absolute Gasteiger partial charge is 0.330 e. The second-order valence-electron chi connectivity index (χ2n) is 4.27. The lowest BCUT2D eigenvalue weighted by molar-refractivity contribution is -0.118. The minimum Gasteiger partial charge on any atom is -0.330 e. The van der Waals surface area contributed by atoms with Crippen molar-refractivity contribution in [3.05, 3.63) is 42.0 Å². The first-order chi connectivity index (χ1) is 8.04. The zero-order valence-corrected chi connectivity index (χ0v) is 10.5. The molecule has 92 valence electrons. The standard InChI is InChI=1S/C14H20N2O/c1-10-4-6-13(7-5-10)16-14(17)12(3)11(2)8-9-15/h4-7,12H,2,8-9,15H2,1,3H3,(H,16,17). The molecule has 0 aliphatic rings. The van der Waals surface area contributed by atoms with Gasteiger partial charge in [-0.05, 0) is 38.9 Å². The molecule has 0 saturated heterocycles. The molecule has 0 fully saturated rings. The Labute approximate surface area is 103 Å². The fraction of sp³-hybridized carbons (Fsp3) is 0.357. The van der Waals surface area contributed by atoms with Crippen molar-refractivity contribution in [2.24, 2.45) is 11.7 Å². The van der Waals surface area contributed by atoms with Crippen molar-refractivity contribution < 1.29 is 4.79 Å². The number of nitrogens with two attached hydrogens (primary N) is 1. The monoisotopic (exact) mass is 232 g/mol. The first-order valence-corrected chi connectivity index (χ1v) is 5.80. The van der Waals surface area contributed by atoms with Crippen molar-refractivity contribution in [2.75, 3.05) is 11.9 Å². The first-order valence-electron chi connectivity index (χ1n) is 5.80. The molecule has 0 aliphatic carbocycles. The summed E-state index contributed by atoms with van der Waals surface area (Å²) in [5.74, 6) is -0.243. The maximum atomic E-state index is 11.9. The van der Waals surface area contributed by atoms with Crippen LogP contribution in [0.1, 0.15) is 18.9 Å². The number of amides is 1. The van der Waals surface area contributed by atoms with Crippen LogP contribution in [0.3, 0.4) is 0 Å². The van der Waals surface area contributed by atoms with E-state index in [4.69, 9.17) is 5.73 Å². The maximum Gasteiger partial charge on any atom is 0.231 e. The van der Waals surface area contributed by atoms with Crippen LogP contribution in [-0.4, -0.2) is 12.5 Å². The minimum atomic E-state index is -0.208. The summed E-state index contributed by atoms with van der Waals surface area (Å²) in [7, 11) is 0. The Kier molecular flexibility index (Phi) is 4.91. The number of carbonyl (C=O) groups is 1. The molecule has 0 heterocycles. The summed E-state index contributed by atoms with van der Waals surface area (Å²) in [4.78, 5) is 11.9. The SMILES string of the molecule is C=C(CCN)C(C)C(=O)Nc1ccc(C)cc1. The fourth-order valence-electron chi connectivity index (χ4n) is 1.47. The summed E-state index contributed by atoms with van der Waals surface area (Å²) < 4.78 is 0. The van der Waals surface area contributed by atoms with Crippen molar-refractivity contribution >= 4 is 11.6 Å². The molecule has 1 aromatic rings. The fourth-order valence-corrected chi connectivity index (χ4v) is 1.47. The average Bonchev–Trinajstić information content (AvgIpc) is 2.31. The van der Waals surface area contributed by atoms with Crippen molar-refractivity contribution in [3.8, 4) is 0 Å². The molecule has 1 atom stereocenters. The number of anilines is 1. The molecule has 0 aromatic heterocycles. The van der Waals surface area contributed by atoms with Gasteiger partial charge in [0.25, 0.3) is 0 Å². The van der Waals surface area contributed by atoms with Crippen LogP contribution in [0.4, 0.5) is 5.69 Å². The van der Waals surface area contributed by atoms with Crippen molar-refractivity contribution in [1.82, 2.24) is 0 Å². The van der Waals surface area contributed by atoms with Gasteiger partial charge < -0.3 is 11.1 Å². The summed E-state index contributed by atoms with van der Waals surface area (Å²) in [6.45, 7) is 8.27. The van der Waals surface area contributed by atoms with Gasteiger partial charge in [-0.15, -0.1) is 0 Å². The molecule has 0 spiro atoms. The van der Waals surface area contributed by atoms with Gasteiger partial charge in [0.2, 0.25) is 5.91 Å². The van der Waals surface area contributed by atoms with Gasteiger partial charge in [-0.1, -0.05) is 29.8 Å². The molecule has 0 saturated carbocycles. The number of rotatable bonds is 5. The van der Waals surface area contributed by atoms with Gasteiger partial charge in [0, 0.05) is 5.69 Å². The van der Waals surface area contributed by atoms with Gasteiger partial charge in [-0.25, -0.2) is 0 Å². The summed E-state index contributed by atoms with van der Waals surface area (Å²) in [6, 6.07) is 7.72. The molecule has 1 rings (SSSR count). The predicted octanol–water partition coefficient (Wildman–Crippen LogP) is 2.47. The van der Waals surface area contributed by atoms with Crippen molar-refractivity contribution in [2.45, 2.75) is 20.3 Å². The van der Waals surface area contributed by atoms with Crippen LogP contribution in [0.25, 0.3) is 0 Å². The highest BCUT2D eigenvalue weighted by atomic mass is 16.1. The molecule has 1 aromatic carbocycles. The molecule has 3 N–H and O–H groups in total. The van der Waals surface area contributed by atoms with Gasteiger partial charge in [-0.3, -0.25) is 4.79 Å². The third-order valence-electron chi connectivity index (χ3n) is 2.79. The quantitative estimate of drug-likeness (QED) is 0.766. The molecule has 1 unspecified atom stereocenters. The van der Waals surface area contributed by atoms with E-state index in [-0.39, 0.29) is 11.8 Å². The molecule has 17 heavy (non-hydrogen) atoms. The van der Waals surface area contributed by atoms with E-state index >= 15 is 0 Å². The van der Waals surface area contributed by atoms with Crippen LogP contribution in [0, 0.1) is 12.8 Å². The lowest BCUT2D eigenvalue weighted by Crippen LogP contribution is -2.22. The van der Waals surface area contributed by atoms with Gasteiger partial charge >= 0.3 is 0 Å². The van der Waals surface area contributed by atoms with E-state index in [0.29, 0.717) is 13.0 Å². The average molecular weight is 232 g/mol. The highest BCUT2D eigenvalue weighted by Gasteiger charge is 2.15. The summed E-state index contributed by atoms with van der Waals surface area (Å²) in [5, 5.41) is 2.87. The Morgan fingerprint density at radius 3 is 2.53 bits per heavy atom. The number of carbonyl (C=O) groups excluding carboxylic acids is 1. The molecular weight excluding hydrogens is 212 g/mol. The molecule has 3 nitrogen and oxygen atoms in total. The predicted molar refractivity (Wildman–Crippen MR) is 71.8 cm³/mol. The molecule has 3 heteroatoms. The Hall–Kier alpha value is -1.61. The second kappa shape index (κ2) is 6.21. The summed E-state index contributed by atoms with van der Waals surface area (Å²) in [6.07, 6.45) is 0.683. The van der Waals surface area contributed by atoms with Crippen LogP contribution < -0.4 is 11.1 Å². The molecule has 0 aliphatic heterocycles. The maximum absolute atomic E-state index is 11.9. The Balaban J connectivity index is 2.59. The van der Waals surface area contributed by atoms with Crippen molar-refractivity contribution in [1.29, 1.82) is 0 Å². The molecule has 0 radical (unpaired) electrons. The first kappa shape index (κ1) is 13.5. The zero-order chi connectivity index (χ0) is 12.8. The topological polar surface area (TPSA) is 55.1 Å². The third-order valence-corrected chi connectivity index (χ3v) is 2.79. The normalized spacial score (nSPS) is 11.9. The number of nitrogens with one attached hydrogen (secondary N) is 1. The lowest BCUT2D eigenvalue weighted by atomic mass is 9.99. The minimum absolute atomic E-state index is 0.0349. The van der Waals surface area contributed by atoms with Gasteiger partial charge in [0.15, 0.2) is 0 Å². The van der Waals surface area contributed by atoms with Crippen LogP contribution in [-0.2, 0) is 4.79 Å². The molecular formula is C14H20N2O. The number of hydrogen-bond donors (Lipinski definition) is 2. The zero-order valence-electron chi connectivity index (χ0n) is 10.5. The van der Waals surface area contributed by atoms with Crippen molar-refractivity contribution in [3.63, 3.8) is 0 Å². The van der Waals surface area contributed by atoms with E-state index < -0.39 is 0 Å². The van der Waals surface area contributed by atoms with Gasteiger partial charge in [-0.2, -0.15) is 0 Å². The summed E-state index contributed by atoms with van der Waals surface area (Å²) in [5.41, 5.74) is 8.30. The Morgan fingerprint density at radius 2 is 2.00 bits per heavy atom. The van der Waals surface area contributed by atoms with E-state index in [0.717, 1.165) is 11.3 Å². The van der Waals surface area contributed by atoms with Crippen LogP contribution in [0.5, 0.6) is 0 Å². The summed E-state index contributed by atoms with van der Waals surface area (Å²) >= 11 is 0. The Morgan fingerprint density at radius 1 is 1.41 bits per heavy atom. The number of hydrogen-bond acceptors (Lipinski definition) is 2. The number of aryl methyl sites for hydroxylation is 1. The Bertz CT molecular complexity index is 395. The lowest BCUT2D eigenvalue weighted by Gasteiger charge is -2.14. The second-order valence-corrected chi connectivity index (χ2v) is 4.27. The number of benzene rings is 1. The highest BCUT2D eigenvalue weighted by molar-refractivity contribution is 5.94. The van der Waals surface area contributed by atoms with E-state index in [2.05, 4.69) is 11.9 Å². The van der Waals surface area contributed by atoms with Gasteiger partial charge in [0.1, 0.15) is 0 Å². The smallest absolute Gasteiger partial charge is 0.231 e. The third kappa shape index (κ3) is 4.04. The van der Waals surface area contributed by atoms with E-state index in [1.54, 1.807) is 0 Å². The van der Waals surface area contributed by atoms with Gasteiger partial charge in [0.05, 0.1) is 5.92 Å². The molecule has 0 bridgehead atoms. The van der Waals surface area contributed by atoms with Crippen LogP contribution in [0.2, 0.25) is 0 Å².